The van der Waals surface area contributed by atoms with Gasteiger partial charge in [0.15, 0.2) is 17.3 Å². The first-order chi connectivity index (χ1) is 15.5. The maximum absolute atomic E-state index is 13.0. The van der Waals surface area contributed by atoms with Crippen molar-refractivity contribution in [3.63, 3.8) is 0 Å². The number of Topliss-reactive ketones (excluding diaryl/α,β-unsaturated/α-hetero) is 1. The van der Waals surface area contributed by atoms with Crippen LogP contribution in [0.4, 0.5) is 0 Å². The van der Waals surface area contributed by atoms with Crippen LogP contribution in [0, 0.1) is 0 Å². The van der Waals surface area contributed by atoms with Gasteiger partial charge in [-0.1, -0.05) is 48.2 Å². The van der Waals surface area contributed by atoms with Gasteiger partial charge in [0, 0.05) is 11.1 Å². The first kappa shape index (κ1) is 21.5. The molecule has 3 aromatic carbocycles. The molecule has 3 aromatic rings. The molecule has 0 saturated carbocycles. The number of hydrogen-bond donors (Lipinski definition) is 1. The molecular formula is C26H25NO5. The number of ether oxygens (including phenoxy) is 3. The number of carbonyl (C=O) groups excluding carboxylic acids is 1. The highest BCUT2D eigenvalue weighted by molar-refractivity contribution is 6.15. The van der Waals surface area contributed by atoms with Gasteiger partial charge >= 0.3 is 0 Å². The minimum Gasteiger partial charge on any atom is -0.872 e. The van der Waals surface area contributed by atoms with Gasteiger partial charge in [-0.2, -0.15) is 0 Å². The van der Waals surface area contributed by atoms with E-state index in [-0.39, 0.29) is 17.3 Å². The van der Waals surface area contributed by atoms with E-state index < -0.39 is 0 Å². The van der Waals surface area contributed by atoms with E-state index in [0.29, 0.717) is 34.9 Å². The Balaban J connectivity index is 1.60. The van der Waals surface area contributed by atoms with Gasteiger partial charge in [-0.15, -0.1) is 0 Å². The first-order valence-electron chi connectivity index (χ1n) is 10.3. The normalized spacial score (nSPS) is 14.7. The number of rotatable bonds is 7. The van der Waals surface area contributed by atoms with Crippen LogP contribution in [0.1, 0.15) is 27.0 Å². The van der Waals surface area contributed by atoms with E-state index in [9.17, 15) is 9.90 Å². The molecule has 0 amide bonds. The molecular weight excluding hydrogens is 406 g/mol. The lowest BCUT2D eigenvalue weighted by Crippen LogP contribution is -3.06. The summed E-state index contributed by atoms with van der Waals surface area (Å²) in [4.78, 5) is 14.1. The number of ketones is 1. The maximum Gasteiger partial charge on any atom is 0.231 e. The molecule has 6 heteroatoms. The van der Waals surface area contributed by atoms with Crippen molar-refractivity contribution in [2.45, 2.75) is 13.1 Å². The highest BCUT2D eigenvalue weighted by atomic mass is 16.5. The van der Waals surface area contributed by atoms with E-state index in [0.717, 1.165) is 17.0 Å². The van der Waals surface area contributed by atoms with Crippen molar-refractivity contribution in [2.24, 2.45) is 0 Å². The van der Waals surface area contributed by atoms with Crippen LogP contribution in [-0.4, -0.2) is 27.1 Å². The zero-order valence-corrected chi connectivity index (χ0v) is 18.3. The maximum atomic E-state index is 13.0. The van der Waals surface area contributed by atoms with Crippen molar-refractivity contribution in [3.05, 3.63) is 88.7 Å². The lowest BCUT2D eigenvalue weighted by Gasteiger charge is -2.20. The molecule has 1 N–H and O–H groups in total. The summed E-state index contributed by atoms with van der Waals surface area (Å²) in [6.07, 6.45) is 1.65. The lowest BCUT2D eigenvalue weighted by atomic mass is 10.0. The first-order valence-corrected chi connectivity index (χ1v) is 10.3. The molecule has 0 aromatic heterocycles. The summed E-state index contributed by atoms with van der Waals surface area (Å²) in [6, 6.07) is 18.4. The molecule has 0 radical (unpaired) electrons. The molecule has 32 heavy (non-hydrogen) atoms. The Bertz CT molecular complexity index is 1170. The molecule has 164 valence electrons. The second-order valence-corrected chi connectivity index (χ2v) is 7.77. The fourth-order valence-corrected chi connectivity index (χ4v) is 3.86. The summed E-state index contributed by atoms with van der Waals surface area (Å²) in [5.41, 5.74) is 2.84. The van der Waals surface area contributed by atoms with Crippen LogP contribution in [0.3, 0.4) is 0 Å². The topological polar surface area (TPSA) is 72.3 Å². The van der Waals surface area contributed by atoms with Gasteiger partial charge in [0.1, 0.15) is 18.8 Å². The predicted molar refractivity (Wildman–Crippen MR) is 119 cm³/mol. The number of benzene rings is 3. The zero-order chi connectivity index (χ0) is 22.7. The largest absolute Gasteiger partial charge is 0.872 e. The van der Waals surface area contributed by atoms with E-state index in [1.807, 2.05) is 31.3 Å². The second kappa shape index (κ2) is 9.16. The van der Waals surface area contributed by atoms with Gasteiger partial charge in [0.25, 0.3) is 0 Å². The van der Waals surface area contributed by atoms with E-state index in [2.05, 4.69) is 12.1 Å². The molecule has 1 heterocycles. The highest BCUT2D eigenvalue weighted by Crippen LogP contribution is 2.38. The van der Waals surface area contributed by atoms with Gasteiger partial charge in [-0.3, -0.25) is 4.79 Å². The summed E-state index contributed by atoms with van der Waals surface area (Å²) in [5.74, 6) is 1.33. The third-order valence-electron chi connectivity index (χ3n) is 5.43. The van der Waals surface area contributed by atoms with E-state index in [1.165, 1.54) is 11.6 Å². The Kier molecular flexibility index (Phi) is 6.14. The quantitative estimate of drug-likeness (QED) is 0.583. The Hall–Kier alpha value is -3.77. The molecule has 1 aliphatic heterocycles. The minimum absolute atomic E-state index is 0.128. The molecule has 0 spiro atoms. The van der Waals surface area contributed by atoms with Gasteiger partial charge < -0.3 is 24.2 Å². The lowest BCUT2D eigenvalue weighted by molar-refractivity contribution is -0.907. The monoisotopic (exact) mass is 431 g/mol. The number of fused-ring (bicyclic) bond motifs is 1. The summed E-state index contributed by atoms with van der Waals surface area (Å²) in [5, 5.41) is 12.6. The number of allylic oxidation sites excluding steroid dienone is 1. The van der Waals surface area contributed by atoms with Crippen molar-refractivity contribution in [3.8, 4) is 23.0 Å². The fraction of sp³-hybridized carbons (Fsp3) is 0.192. The summed E-state index contributed by atoms with van der Waals surface area (Å²) in [6.45, 7) is 1.21. The summed E-state index contributed by atoms with van der Waals surface area (Å²) >= 11 is 0. The van der Waals surface area contributed by atoms with Crippen LogP contribution in [0.5, 0.6) is 23.0 Å². The molecule has 1 aliphatic rings. The molecule has 4 rings (SSSR count). The minimum atomic E-state index is -0.239. The SMILES string of the molecule is COc1ccc(/C=C2\Oc3c(ccc([O-])c3C[NH+](C)Cc3ccccc3)C2=O)cc1OC. The number of nitrogens with one attached hydrogen (secondary N) is 1. The molecule has 0 fully saturated rings. The van der Waals surface area contributed by atoms with Crippen molar-refractivity contribution in [1.29, 1.82) is 0 Å². The predicted octanol–water partition coefficient (Wildman–Crippen LogP) is 2.61. The molecule has 0 bridgehead atoms. The molecule has 6 nitrogen and oxygen atoms in total. The van der Waals surface area contributed by atoms with Gasteiger partial charge in [-0.25, -0.2) is 0 Å². The number of quaternary nitrogens is 1. The molecule has 1 unspecified atom stereocenters. The van der Waals surface area contributed by atoms with E-state index >= 15 is 0 Å². The van der Waals surface area contributed by atoms with E-state index in [1.54, 1.807) is 38.5 Å². The molecule has 0 saturated heterocycles. The third-order valence-corrected chi connectivity index (χ3v) is 5.43. The van der Waals surface area contributed by atoms with Crippen LogP contribution in [0.25, 0.3) is 6.08 Å². The van der Waals surface area contributed by atoms with Gasteiger partial charge in [-0.05, 0) is 29.8 Å². The number of hydrogen-bond acceptors (Lipinski definition) is 5. The summed E-state index contributed by atoms with van der Waals surface area (Å²) in [7, 11) is 5.14. The zero-order valence-electron chi connectivity index (χ0n) is 18.3. The Morgan fingerprint density at radius 2 is 1.72 bits per heavy atom. The van der Waals surface area contributed by atoms with Crippen LogP contribution in [0.2, 0.25) is 0 Å². The van der Waals surface area contributed by atoms with Gasteiger partial charge in [0.2, 0.25) is 5.78 Å². The number of methoxy groups -OCH3 is 2. The highest BCUT2D eigenvalue weighted by Gasteiger charge is 2.30. The van der Waals surface area contributed by atoms with Crippen molar-refractivity contribution in [2.75, 3.05) is 21.3 Å². The average Bonchev–Trinajstić information content (AvgIpc) is 3.11. The van der Waals surface area contributed by atoms with Gasteiger partial charge in [0.05, 0.1) is 26.8 Å². The fourth-order valence-electron chi connectivity index (χ4n) is 3.86. The van der Waals surface area contributed by atoms with Crippen LogP contribution >= 0.6 is 0 Å². The van der Waals surface area contributed by atoms with Crippen LogP contribution < -0.4 is 24.2 Å². The Labute approximate surface area is 187 Å². The van der Waals surface area contributed by atoms with E-state index in [4.69, 9.17) is 14.2 Å². The molecule has 0 aliphatic carbocycles. The smallest absolute Gasteiger partial charge is 0.231 e. The average molecular weight is 431 g/mol. The van der Waals surface area contributed by atoms with Crippen molar-refractivity contribution >= 4 is 11.9 Å². The van der Waals surface area contributed by atoms with Crippen LogP contribution in [0.15, 0.2) is 66.4 Å². The molecule has 1 atom stereocenters. The summed E-state index contributed by atoms with van der Waals surface area (Å²) < 4.78 is 16.5. The van der Waals surface area contributed by atoms with Crippen LogP contribution in [-0.2, 0) is 13.1 Å². The standard InChI is InChI=1S/C26H25NO5/c1-27(15-17-7-5-4-6-8-17)16-20-21(28)11-10-19-25(29)24(32-26(19)20)14-18-9-12-22(30-2)23(13-18)31-3/h4-14,28H,15-16H2,1-3H3/b24-14-. The third kappa shape index (κ3) is 4.31. The van der Waals surface area contributed by atoms with Crippen molar-refractivity contribution < 1.29 is 29.0 Å². The second-order valence-electron chi connectivity index (χ2n) is 7.77. The Morgan fingerprint density at radius 1 is 0.969 bits per heavy atom. The van der Waals surface area contributed by atoms with Crippen molar-refractivity contribution in [1.82, 2.24) is 0 Å². The number of carbonyl (C=O) groups is 1. The Morgan fingerprint density at radius 3 is 2.44 bits per heavy atom.